The number of rotatable bonds is 6. The molecule has 0 atom stereocenters. The SMILES string of the molecule is CCCCc1ccc(C(=O)N2CC(N3CCN(c4ccccn4)CC3)C2)cc1. The number of amides is 1. The largest absolute Gasteiger partial charge is 0.354 e. The Morgan fingerprint density at radius 1 is 1.04 bits per heavy atom. The van der Waals surface area contributed by atoms with Crippen molar-refractivity contribution in [2.75, 3.05) is 44.2 Å². The summed E-state index contributed by atoms with van der Waals surface area (Å²) < 4.78 is 0. The summed E-state index contributed by atoms with van der Waals surface area (Å²) in [6, 6.07) is 14.8. The van der Waals surface area contributed by atoms with E-state index in [4.69, 9.17) is 0 Å². The highest BCUT2D eigenvalue weighted by Crippen LogP contribution is 2.21. The summed E-state index contributed by atoms with van der Waals surface area (Å²) in [5.74, 6) is 1.24. The van der Waals surface area contributed by atoms with Gasteiger partial charge in [0.2, 0.25) is 0 Å². The molecular weight excluding hydrogens is 348 g/mol. The van der Waals surface area contributed by atoms with Crippen molar-refractivity contribution < 1.29 is 4.79 Å². The lowest BCUT2D eigenvalue weighted by molar-refractivity contribution is 0.0246. The second kappa shape index (κ2) is 8.74. The number of nitrogens with zero attached hydrogens (tertiary/aromatic N) is 4. The van der Waals surface area contributed by atoms with Crippen molar-refractivity contribution in [3.05, 3.63) is 59.8 Å². The number of hydrogen-bond donors (Lipinski definition) is 0. The van der Waals surface area contributed by atoms with Gasteiger partial charge in [0, 0.05) is 57.1 Å². The number of unbranched alkanes of at least 4 members (excludes halogenated alkanes) is 1. The molecule has 5 heteroatoms. The molecule has 2 aliphatic heterocycles. The minimum atomic E-state index is 0.172. The van der Waals surface area contributed by atoms with E-state index < -0.39 is 0 Å². The summed E-state index contributed by atoms with van der Waals surface area (Å²) in [5.41, 5.74) is 2.14. The number of hydrogen-bond acceptors (Lipinski definition) is 4. The Hall–Kier alpha value is -2.40. The third-order valence-corrected chi connectivity index (χ3v) is 5.97. The molecule has 0 bridgehead atoms. The van der Waals surface area contributed by atoms with Gasteiger partial charge < -0.3 is 9.80 Å². The Balaban J connectivity index is 1.24. The molecule has 3 heterocycles. The molecule has 1 aromatic heterocycles. The van der Waals surface area contributed by atoms with E-state index in [1.54, 1.807) is 0 Å². The Kier molecular flexibility index (Phi) is 5.91. The summed E-state index contributed by atoms with van der Waals surface area (Å²) in [7, 11) is 0. The predicted octanol–water partition coefficient (Wildman–Crippen LogP) is 3.07. The van der Waals surface area contributed by atoms with Crippen LogP contribution >= 0.6 is 0 Å². The third kappa shape index (κ3) is 4.20. The molecular formula is C23H30N4O. The lowest BCUT2D eigenvalue weighted by atomic mass is 10.0. The number of aryl methyl sites for hydroxylation is 1. The molecule has 2 aliphatic rings. The maximum Gasteiger partial charge on any atom is 0.253 e. The lowest BCUT2D eigenvalue weighted by Gasteiger charge is -2.48. The number of benzene rings is 1. The maximum absolute atomic E-state index is 12.7. The zero-order valence-electron chi connectivity index (χ0n) is 16.8. The summed E-state index contributed by atoms with van der Waals surface area (Å²) in [6.45, 7) is 7.97. The highest BCUT2D eigenvalue weighted by molar-refractivity contribution is 5.94. The Labute approximate surface area is 168 Å². The number of piperazine rings is 1. The first-order valence-corrected chi connectivity index (χ1v) is 10.5. The van der Waals surface area contributed by atoms with Crippen molar-refractivity contribution in [2.45, 2.75) is 32.2 Å². The van der Waals surface area contributed by atoms with Crippen LogP contribution in [0.1, 0.15) is 35.7 Å². The van der Waals surface area contributed by atoms with Crippen LogP contribution in [0, 0.1) is 0 Å². The first kappa shape index (κ1) is 18.9. The van der Waals surface area contributed by atoms with Gasteiger partial charge in [0.25, 0.3) is 5.91 Å². The molecule has 0 saturated carbocycles. The second-order valence-corrected chi connectivity index (χ2v) is 7.88. The van der Waals surface area contributed by atoms with E-state index in [1.807, 2.05) is 35.4 Å². The normalized spacial score (nSPS) is 18.2. The standard InChI is InChI=1S/C23H30N4O/c1-2-3-6-19-8-10-20(11-9-19)23(28)27-17-21(18-27)25-13-15-26(16-14-25)22-7-4-5-12-24-22/h4-5,7-12,21H,2-3,6,13-18H2,1H3. The molecule has 2 saturated heterocycles. The van der Waals surface area contributed by atoms with Gasteiger partial charge in [-0.05, 0) is 42.7 Å². The van der Waals surface area contributed by atoms with E-state index in [0.29, 0.717) is 6.04 Å². The fraction of sp³-hybridized carbons (Fsp3) is 0.478. The second-order valence-electron chi connectivity index (χ2n) is 7.88. The van der Waals surface area contributed by atoms with Gasteiger partial charge in [-0.1, -0.05) is 31.5 Å². The Morgan fingerprint density at radius 2 is 1.79 bits per heavy atom. The van der Waals surface area contributed by atoms with Crippen LogP contribution in [0.3, 0.4) is 0 Å². The number of anilines is 1. The van der Waals surface area contributed by atoms with Crippen LogP contribution in [0.5, 0.6) is 0 Å². The van der Waals surface area contributed by atoms with Crippen LogP contribution in [0.25, 0.3) is 0 Å². The Morgan fingerprint density at radius 3 is 2.43 bits per heavy atom. The average molecular weight is 379 g/mol. The topological polar surface area (TPSA) is 39.7 Å². The molecule has 1 aromatic carbocycles. The van der Waals surface area contributed by atoms with Gasteiger partial charge in [-0.25, -0.2) is 4.98 Å². The van der Waals surface area contributed by atoms with Crippen molar-refractivity contribution >= 4 is 11.7 Å². The van der Waals surface area contributed by atoms with E-state index in [9.17, 15) is 4.79 Å². The van der Waals surface area contributed by atoms with Crippen molar-refractivity contribution in [3.63, 3.8) is 0 Å². The first-order valence-electron chi connectivity index (χ1n) is 10.5. The van der Waals surface area contributed by atoms with Crippen molar-refractivity contribution in [1.82, 2.24) is 14.8 Å². The molecule has 0 N–H and O–H groups in total. The van der Waals surface area contributed by atoms with E-state index in [1.165, 1.54) is 18.4 Å². The van der Waals surface area contributed by atoms with Crippen LogP contribution in [-0.2, 0) is 6.42 Å². The van der Waals surface area contributed by atoms with Gasteiger partial charge >= 0.3 is 0 Å². The smallest absolute Gasteiger partial charge is 0.253 e. The molecule has 2 fully saturated rings. The van der Waals surface area contributed by atoms with E-state index in [0.717, 1.165) is 57.1 Å². The quantitative estimate of drug-likeness (QED) is 0.775. The lowest BCUT2D eigenvalue weighted by Crippen LogP contribution is -2.64. The number of likely N-dealkylation sites (tertiary alicyclic amines) is 1. The van der Waals surface area contributed by atoms with Crippen LogP contribution in [0.4, 0.5) is 5.82 Å². The van der Waals surface area contributed by atoms with E-state index in [2.05, 4.69) is 39.9 Å². The van der Waals surface area contributed by atoms with Crippen molar-refractivity contribution in [3.8, 4) is 0 Å². The molecule has 4 rings (SSSR count). The molecule has 0 unspecified atom stereocenters. The molecule has 0 radical (unpaired) electrons. The summed E-state index contributed by atoms with van der Waals surface area (Å²) in [5, 5.41) is 0. The zero-order chi connectivity index (χ0) is 19.3. The van der Waals surface area contributed by atoms with Crippen LogP contribution < -0.4 is 4.90 Å². The average Bonchev–Trinajstić information content (AvgIpc) is 2.72. The van der Waals surface area contributed by atoms with Crippen molar-refractivity contribution in [2.24, 2.45) is 0 Å². The van der Waals surface area contributed by atoms with Gasteiger partial charge in [-0.15, -0.1) is 0 Å². The van der Waals surface area contributed by atoms with Gasteiger partial charge in [0.1, 0.15) is 5.82 Å². The van der Waals surface area contributed by atoms with Gasteiger partial charge in [0.15, 0.2) is 0 Å². The molecule has 5 nitrogen and oxygen atoms in total. The van der Waals surface area contributed by atoms with Gasteiger partial charge in [-0.3, -0.25) is 9.69 Å². The highest BCUT2D eigenvalue weighted by Gasteiger charge is 2.36. The highest BCUT2D eigenvalue weighted by atomic mass is 16.2. The monoisotopic (exact) mass is 378 g/mol. The summed E-state index contributed by atoms with van der Waals surface area (Å²) >= 11 is 0. The Bertz CT molecular complexity index is 763. The fourth-order valence-corrected chi connectivity index (χ4v) is 4.09. The van der Waals surface area contributed by atoms with E-state index >= 15 is 0 Å². The molecule has 28 heavy (non-hydrogen) atoms. The number of carbonyl (C=O) groups is 1. The summed E-state index contributed by atoms with van der Waals surface area (Å²) in [6.07, 6.45) is 5.36. The third-order valence-electron chi connectivity index (χ3n) is 5.97. The number of carbonyl (C=O) groups excluding carboxylic acids is 1. The predicted molar refractivity (Wildman–Crippen MR) is 113 cm³/mol. The first-order chi connectivity index (χ1) is 13.7. The molecule has 1 amide bonds. The zero-order valence-corrected chi connectivity index (χ0v) is 16.8. The molecule has 0 aliphatic carbocycles. The number of pyridine rings is 1. The van der Waals surface area contributed by atoms with Crippen molar-refractivity contribution in [1.29, 1.82) is 0 Å². The van der Waals surface area contributed by atoms with Gasteiger partial charge in [-0.2, -0.15) is 0 Å². The van der Waals surface area contributed by atoms with Gasteiger partial charge in [0.05, 0.1) is 0 Å². The number of aromatic nitrogens is 1. The maximum atomic E-state index is 12.7. The molecule has 2 aromatic rings. The fourth-order valence-electron chi connectivity index (χ4n) is 4.09. The van der Waals surface area contributed by atoms with Crippen LogP contribution in [-0.4, -0.2) is 66.0 Å². The summed E-state index contributed by atoms with van der Waals surface area (Å²) in [4.78, 5) is 24.0. The molecule has 0 spiro atoms. The van der Waals surface area contributed by atoms with Crippen LogP contribution in [0.15, 0.2) is 48.7 Å². The minimum absolute atomic E-state index is 0.172. The van der Waals surface area contributed by atoms with E-state index in [-0.39, 0.29) is 5.91 Å². The van der Waals surface area contributed by atoms with Crippen LogP contribution in [0.2, 0.25) is 0 Å². The minimum Gasteiger partial charge on any atom is -0.354 e. The molecule has 148 valence electrons.